The lowest BCUT2D eigenvalue weighted by atomic mass is 10.1. The van der Waals surface area contributed by atoms with Crippen LogP contribution in [-0.2, 0) is 37.6 Å². The largest absolute Gasteiger partial charge is 0.472 e. The number of halogens is 2. The number of phosphoric ester groups is 1. The summed E-state index contributed by atoms with van der Waals surface area (Å²) in [7, 11) is -9.91. The Bertz CT molecular complexity index is 1960. The Balaban J connectivity index is 1.17. The maximum atomic E-state index is 15.8. The Labute approximate surface area is 244 Å². The minimum atomic E-state index is -5.12. The van der Waals surface area contributed by atoms with Crippen molar-refractivity contribution in [2.24, 2.45) is 0 Å². The molecule has 0 radical (unpaired) electrons. The van der Waals surface area contributed by atoms with Gasteiger partial charge in [-0.05, 0) is 6.07 Å². The molecule has 4 aromatic rings. The number of alkyl halides is 2. The van der Waals surface area contributed by atoms with E-state index in [9.17, 15) is 22.7 Å². The molecule has 3 fully saturated rings. The van der Waals surface area contributed by atoms with Crippen LogP contribution in [-0.4, -0.2) is 97.3 Å². The second kappa shape index (κ2) is 10.6. The molecule has 0 saturated carbocycles. The van der Waals surface area contributed by atoms with Gasteiger partial charge in [-0.3, -0.25) is 18.4 Å². The van der Waals surface area contributed by atoms with Gasteiger partial charge in [0.15, 0.2) is 36.3 Å². The lowest BCUT2D eigenvalue weighted by Gasteiger charge is -2.26. The molecule has 3 aliphatic rings. The van der Waals surface area contributed by atoms with Gasteiger partial charge in [0.2, 0.25) is 0 Å². The van der Waals surface area contributed by atoms with Crippen LogP contribution in [0.4, 0.5) is 14.6 Å². The Hall–Kier alpha value is -3.47. The van der Waals surface area contributed by atoms with Crippen molar-refractivity contribution in [1.82, 2.24) is 38.8 Å². The number of hydrogen-bond acceptors (Lipinski definition) is 14. The van der Waals surface area contributed by atoms with Crippen molar-refractivity contribution in [3.05, 3.63) is 41.6 Å². The Kier molecular flexibility index (Phi) is 7.02. The summed E-state index contributed by atoms with van der Waals surface area (Å²) < 4.78 is 101. The van der Waals surface area contributed by atoms with Crippen LogP contribution in [0.1, 0.15) is 12.5 Å². The predicted octanol–water partition coefficient (Wildman–Crippen LogP) is -0.647. The van der Waals surface area contributed by atoms with Gasteiger partial charge in [0.25, 0.3) is 5.56 Å². The number of hydrogen-bond donors (Lipinski definition) is 4. The van der Waals surface area contributed by atoms with Crippen molar-refractivity contribution in [2.45, 2.75) is 49.2 Å². The summed E-state index contributed by atoms with van der Waals surface area (Å²) in [5.74, 6) is -0.000812. The summed E-state index contributed by atoms with van der Waals surface area (Å²) in [6, 6.07) is 1.35. The molecule has 0 amide bonds. The van der Waals surface area contributed by atoms with E-state index in [1.54, 1.807) is 0 Å². The normalized spacial score (nSPS) is 36.1. The number of nitrogens with zero attached hydrogens (tertiary/aromatic N) is 6. The van der Waals surface area contributed by atoms with Gasteiger partial charge in [-0.1, -0.05) is 0 Å². The van der Waals surface area contributed by atoms with E-state index in [1.165, 1.54) is 12.3 Å². The Morgan fingerprint density at radius 1 is 1.05 bits per heavy atom. The highest BCUT2D eigenvalue weighted by molar-refractivity contribution is 7.84. The monoisotopic (exact) mass is 661 g/mol. The van der Waals surface area contributed by atoms with E-state index < -0.39 is 86.1 Å². The molecule has 0 aromatic carbocycles. The summed E-state index contributed by atoms with van der Waals surface area (Å²) >= 11 is 0. The zero-order valence-electron chi connectivity index (χ0n) is 21.9. The van der Waals surface area contributed by atoms with Crippen LogP contribution in [0.3, 0.4) is 0 Å². The maximum Gasteiger partial charge on any atom is 0.472 e. The lowest BCUT2D eigenvalue weighted by molar-refractivity contribution is -0.0494. The van der Waals surface area contributed by atoms with Gasteiger partial charge in [-0.15, -0.1) is 0 Å². The van der Waals surface area contributed by atoms with Crippen molar-refractivity contribution in [2.75, 3.05) is 18.9 Å². The molecular weight excluding hydrogens is 639 g/mol. The Morgan fingerprint density at radius 3 is 2.61 bits per heavy atom. The highest BCUT2D eigenvalue weighted by atomic mass is 32.2. The fraction of sp³-hybridized carbons (Fsp3) is 0.476. The third kappa shape index (κ3) is 4.97. The van der Waals surface area contributed by atoms with Crippen molar-refractivity contribution >= 4 is 46.1 Å². The van der Waals surface area contributed by atoms with E-state index in [4.69, 9.17) is 28.4 Å². The number of nitrogens with one attached hydrogen (secondary N) is 2. The smallest absolute Gasteiger partial charge is 0.382 e. The van der Waals surface area contributed by atoms with E-state index in [-0.39, 0.29) is 28.0 Å². The number of nitrogens with two attached hydrogens (primary N) is 1. The molecule has 3 saturated heterocycles. The summed E-state index contributed by atoms with van der Waals surface area (Å²) in [6.45, 7) is -1.65. The maximum absolute atomic E-state index is 15.8. The van der Waals surface area contributed by atoms with Crippen molar-refractivity contribution in [3.8, 4) is 0 Å². The summed E-state index contributed by atoms with van der Waals surface area (Å²) in [5.41, 5.74) is 5.48. The summed E-state index contributed by atoms with van der Waals surface area (Å²) in [6.07, 6.45) is -9.76. The molecule has 19 nitrogen and oxygen atoms in total. The second-order valence-electron chi connectivity index (χ2n) is 9.99. The quantitative estimate of drug-likeness (QED) is 0.195. The highest BCUT2D eigenvalue weighted by Crippen LogP contribution is 2.50. The van der Waals surface area contributed by atoms with Crippen LogP contribution in [0.25, 0.3) is 22.2 Å². The number of rotatable bonds is 2. The first-order valence-electron chi connectivity index (χ1n) is 12.8. The highest BCUT2D eigenvalue weighted by Gasteiger charge is 2.54. The van der Waals surface area contributed by atoms with E-state index in [2.05, 4.69) is 24.9 Å². The van der Waals surface area contributed by atoms with Gasteiger partial charge in [0.1, 0.15) is 41.9 Å². The van der Waals surface area contributed by atoms with Crippen molar-refractivity contribution < 1.29 is 49.4 Å². The van der Waals surface area contributed by atoms with Crippen molar-refractivity contribution in [3.63, 3.8) is 0 Å². The number of nitrogen functional groups attached to an aromatic ring is 1. The summed E-state index contributed by atoms with van der Waals surface area (Å²) in [5, 5.41) is 0.0964. The fourth-order valence-corrected chi connectivity index (χ4v) is 7.25. The first-order chi connectivity index (χ1) is 20.9. The number of imidazole rings is 1. The second-order valence-corrected chi connectivity index (χ2v) is 12.8. The number of fused-ring (bicyclic) bond motifs is 4. The number of phosphoric acid groups is 1. The van der Waals surface area contributed by atoms with E-state index in [1.807, 2.05) is 4.72 Å². The van der Waals surface area contributed by atoms with E-state index >= 15 is 8.78 Å². The third-order valence-electron chi connectivity index (χ3n) is 7.34. The number of ether oxygens (including phenoxy) is 2. The summed E-state index contributed by atoms with van der Waals surface area (Å²) in [4.78, 5) is 40.8. The number of H-pyrrole nitrogens is 1. The minimum absolute atomic E-state index is 0.000812. The number of aromatic nitrogens is 7. The molecule has 0 aliphatic carbocycles. The van der Waals surface area contributed by atoms with Crippen LogP contribution < -0.4 is 16.0 Å². The SMILES string of the molecule is Nc1ncnc2c1ncn2[C@@H]1O[C@@H]2CNS(=O)(=O)O[C@H]3[C@H](F)[C@H](n4ccc5c(=O)[nH]cnc54)O[C@@H]3COP(=O)(O)O[C@H]2[C@H]1F. The van der Waals surface area contributed by atoms with Gasteiger partial charge in [-0.2, -0.15) is 13.1 Å². The van der Waals surface area contributed by atoms with Crippen molar-refractivity contribution in [1.29, 1.82) is 0 Å². The van der Waals surface area contributed by atoms with Gasteiger partial charge in [0.05, 0.1) is 24.6 Å². The standard InChI is InChI=1S/C21H22F2N9O10PS/c22-11-14-9(39-21(11)32-7-29-13-16(24)25-5-27-18(13)32)3-30-44(36,37)42-15-10(4-38-43(34,35)41-14)40-20(12(15)23)31-2-1-8-17(31)26-6-28-19(8)33/h1-2,5-7,9-12,14-15,20-21,30H,3-4H2,(H,34,35)(H2,24,25,27)(H,26,28,33)/t9-,10-,11-,12+,14-,15-,20-,21-/m1/s1. The van der Waals surface area contributed by atoms with E-state index in [0.29, 0.717) is 0 Å². The van der Waals surface area contributed by atoms with Crippen LogP contribution in [0.5, 0.6) is 0 Å². The predicted molar refractivity (Wildman–Crippen MR) is 140 cm³/mol. The van der Waals surface area contributed by atoms with Gasteiger partial charge in [0, 0.05) is 12.7 Å². The fourth-order valence-electron chi connectivity index (χ4n) is 5.34. The first-order valence-corrected chi connectivity index (χ1v) is 15.7. The number of aromatic amines is 1. The molecule has 44 heavy (non-hydrogen) atoms. The molecule has 23 heteroatoms. The van der Waals surface area contributed by atoms with Gasteiger partial charge in [-0.25, -0.2) is 37.5 Å². The lowest BCUT2D eigenvalue weighted by Crippen LogP contribution is -2.45. The minimum Gasteiger partial charge on any atom is -0.382 e. The average Bonchev–Trinajstić information content (AvgIpc) is 3.73. The molecule has 0 spiro atoms. The molecule has 0 bridgehead atoms. The topological polar surface area (TPSA) is 250 Å². The molecule has 7 rings (SSSR count). The van der Waals surface area contributed by atoms with Gasteiger partial charge >= 0.3 is 18.1 Å². The molecule has 236 valence electrons. The van der Waals surface area contributed by atoms with Crippen LogP contribution in [0, 0.1) is 0 Å². The van der Waals surface area contributed by atoms with E-state index in [0.717, 1.165) is 28.1 Å². The molecule has 5 N–H and O–H groups in total. The van der Waals surface area contributed by atoms with Gasteiger partial charge < -0.3 is 29.7 Å². The Morgan fingerprint density at radius 2 is 1.80 bits per heavy atom. The molecule has 9 atom stereocenters. The molecule has 3 aliphatic heterocycles. The third-order valence-corrected chi connectivity index (χ3v) is 9.32. The average molecular weight is 661 g/mol. The first kappa shape index (κ1) is 29.3. The molecule has 4 aromatic heterocycles. The number of anilines is 1. The zero-order chi connectivity index (χ0) is 31.0. The zero-order valence-corrected chi connectivity index (χ0v) is 23.6. The van der Waals surface area contributed by atoms with Crippen LogP contribution >= 0.6 is 7.82 Å². The molecular formula is C21H22F2N9O10PS. The van der Waals surface area contributed by atoms with Crippen LogP contribution in [0.15, 0.2) is 36.0 Å². The molecule has 1 unspecified atom stereocenters. The molecule has 7 heterocycles. The van der Waals surface area contributed by atoms with Crippen LogP contribution in [0.2, 0.25) is 0 Å².